The minimum Gasteiger partial charge on any atom is -0.497 e. The fourth-order valence-electron chi connectivity index (χ4n) is 3.57. The maximum atomic E-state index is 12.9. The minimum atomic E-state index is -0.494. The number of rotatable bonds is 4. The van der Waals surface area contributed by atoms with Gasteiger partial charge < -0.3 is 19.9 Å². The Morgan fingerprint density at radius 1 is 1.19 bits per heavy atom. The first-order valence-corrected chi connectivity index (χ1v) is 8.43. The van der Waals surface area contributed by atoms with E-state index in [4.69, 9.17) is 10.5 Å². The molecule has 3 aromatic rings. The van der Waals surface area contributed by atoms with Crippen molar-refractivity contribution in [3.63, 3.8) is 0 Å². The van der Waals surface area contributed by atoms with Crippen LogP contribution in [0.5, 0.6) is 5.75 Å². The van der Waals surface area contributed by atoms with Gasteiger partial charge in [-0.25, -0.2) is 0 Å². The summed E-state index contributed by atoms with van der Waals surface area (Å²) in [5, 5.41) is 0.763. The molecule has 0 saturated carbocycles. The van der Waals surface area contributed by atoms with Crippen LogP contribution >= 0.6 is 0 Å². The summed E-state index contributed by atoms with van der Waals surface area (Å²) < 4.78 is 7.04. The third kappa shape index (κ3) is 2.60. The van der Waals surface area contributed by atoms with Crippen LogP contribution in [0, 0.1) is 0 Å². The Morgan fingerprint density at radius 3 is 2.77 bits per heavy atom. The molecule has 26 heavy (non-hydrogen) atoms. The lowest BCUT2D eigenvalue weighted by Crippen LogP contribution is -2.32. The number of ether oxygens (including phenoxy) is 1. The number of para-hydroxylation sites is 1. The molecule has 0 bridgehead atoms. The third-order valence-corrected chi connectivity index (χ3v) is 4.84. The number of methoxy groups -OCH3 is 1. The van der Waals surface area contributed by atoms with Gasteiger partial charge in [0.05, 0.1) is 12.7 Å². The number of nitrogens with zero attached hydrogens (tertiary/aromatic N) is 2. The average molecular weight is 349 g/mol. The molecule has 0 spiro atoms. The van der Waals surface area contributed by atoms with Crippen molar-refractivity contribution >= 4 is 28.4 Å². The van der Waals surface area contributed by atoms with E-state index in [0.29, 0.717) is 12.1 Å². The highest BCUT2D eigenvalue weighted by Gasteiger charge is 2.25. The monoisotopic (exact) mass is 349 g/mol. The van der Waals surface area contributed by atoms with Gasteiger partial charge in [-0.05, 0) is 36.2 Å². The van der Waals surface area contributed by atoms with Crippen molar-refractivity contribution < 1.29 is 14.3 Å². The molecule has 4 rings (SSSR count). The smallest absolute Gasteiger partial charge is 0.250 e. The van der Waals surface area contributed by atoms with Crippen LogP contribution in [0.1, 0.15) is 15.9 Å². The van der Waals surface area contributed by atoms with Gasteiger partial charge in [0.1, 0.15) is 12.3 Å². The van der Waals surface area contributed by atoms with Gasteiger partial charge in [0.2, 0.25) is 5.91 Å². The first-order valence-electron chi connectivity index (χ1n) is 8.43. The Labute approximate surface area is 150 Å². The highest BCUT2D eigenvalue weighted by Crippen LogP contribution is 2.31. The van der Waals surface area contributed by atoms with Gasteiger partial charge >= 0.3 is 0 Å². The molecule has 2 amide bonds. The van der Waals surface area contributed by atoms with Crippen LogP contribution in [0.2, 0.25) is 0 Å². The minimum absolute atomic E-state index is 0.0225. The lowest BCUT2D eigenvalue weighted by Gasteiger charge is -2.18. The summed E-state index contributed by atoms with van der Waals surface area (Å²) in [5.41, 5.74) is 8.75. The summed E-state index contributed by atoms with van der Waals surface area (Å²) in [4.78, 5) is 26.4. The lowest BCUT2D eigenvalue weighted by atomic mass is 10.1. The first-order chi connectivity index (χ1) is 12.6. The van der Waals surface area contributed by atoms with E-state index in [9.17, 15) is 9.59 Å². The highest BCUT2D eigenvalue weighted by atomic mass is 16.5. The summed E-state index contributed by atoms with van der Waals surface area (Å²) in [6.45, 7) is 0.794. The van der Waals surface area contributed by atoms with Crippen molar-refractivity contribution in [1.29, 1.82) is 0 Å². The number of hydrogen-bond donors (Lipinski definition) is 1. The summed E-state index contributed by atoms with van der Waals surface area (Å²) in [6, 6.07) is 13.2. The molecule has 1 aromatic heterocycles. The van der Waals surface area contributed by atoms with Crippen molar-refractivity contribution in [2.24, 2.45) is 5.73 Å². The number of carbonyl (C=O) groups excluding carboxylic acids is 2. The quantitative estimate of drug-likeness (QED) is 0.785. The molecule has 1 aliphatic heterocycles. The predicted octanol–water partition coefficient (Wildman–Crippen LogP) is 2.34. The van der Waals surface area contributed by atoms with Crippen LogP contribution in [0.3, 0.4) is 0 Å². The molecule has 0 saturated heterocycles. The Morgan fingerprint density at radius 2 is 2.00 bits per heavy atom. The molecule has 0 fully saturated rings. The van der Waals surface area contributed by atoms with E-state index in [1.54, 1.807) is 22.8 Å². The van der Waals surface area contributed by atoms with Crippen molar-refractivity contribution in [3.8, 4) is 5.75 Å². The predicted molar refractivity (Wildman–Crippen MR) is 99.5 cm³/mol. The maximum Gasteiger partial charge on any atom is 0.250 e. The Bertz CT molecular complexity index is 1020. The van der Waals surface area contributed by atoms with Gasteiger partial charge in [-0.2, -0.15) is 0 Å². The highest BCUT2D eigenvalue weighted by molar-refractivity contribution is 6.06. The van der Waals surface area contributed by atoms with Gasteiger partial charge in [-0.15, -0.1) is 0 Å². The number of nitrogens with two attached hydrogens (primary N) is 1. The standard InChI is InChI=1S/C20H19N3O3/c1-26-14-6-7-17-13(10-14)8-9-23(17)19(24)12-22-11-16(20(21)25)15-4-2-3-5-18(15)22/h2-7,10-11H,8-9,12H2,1H3,(H2,21,25). The van der Waals surface area contributed by atoms with E-state index < -0.39 is 5.91 Å². The van der Waals surface area contributed by atoms with Crippen molar-refractivity contribution in [2.75, 3.05) is 18.6 Å². The van der Waals surface area contributed by atoms with Crippen LogP contribution in [-0.2, 0) is 17.8 Å². The molecular weight excluding hydrogens is 330 g/mol. The van der Waals surface area contributed by atoms with Crippen LogP contribution in [0.25, 0.3) is 10.9 Å². The third-order valence-electron chi connectivity index (χ3n) is 4.84. The zero-order chi connectivity index (χ0) is 18.3. The van der Waals surface area contributed by atoms with Gasteiger partial charge in [0, 0.05) is 29.3 Å². The second kappa shape index (κ2) is 6.22. The van der Waals surface area contributed by atoms with Gasteiger partial charge in [-0.3, -0.25) is 9.59 Å². The fourth-order valence-corrected chi connectivity index (χ4v) is 3.57. The number of benzene rings is 2. The summed E-state index contributed by atoms with van der Waals surface area (Å²) in [7, 11) is 1.63. The van der Waals surface area contributed by atoms with E-state index in [0.717, 1.165) is 34.3 Å². The number of primary amides is 1. The summed E-state index contributed by atoms with van der Waals surface area (Å²) in [6.07, 6.45) is 2.47. The molecular formula is C20H19N3O3. The van der Waals surface area contributed by atoms with E-state index in [-0.39, 0.29) is 12.5 Å². The van der Waals surface area contributed by atoms with E-state index in [1.807, 2.05) is 42.5 Å². The van der Waals surface area contributed by atoms with E-state index in [1.165, 1.54) is 0 Å². The van der Waals surface area contributed by atoms with Crippen molar-refractivity contribution in [3.05, 3.63) is 59.8 Å². The van der Waals surface area contributed by atoms with Crippen LogP contribution in [-0.4, -0.2) is 30.0 Å². The van der Waals surface area contributed by atoms with Gasteiger partial charge in [0.25, 0.3) is 5.91 Å². The largest absolute Gasteiger partial charge is 0.497 e. The normalized spacial score (nSPS) is 13.0. The van der Waals surface area contributed by atoms with Crippen molar-refractivity contribution in [1.82, 2.24) is 4.57 Å². The number of anilines is 1. The van der Waals surface area contributed by atoms with Crippen LogP contribution in [0.15, 0.2) is 48.7 Å². The Kier molecular flexibility index (Phi) is 3.88. The molecule has 132 valence electrons. The zero-order valence-electron chi connectivity index (χ0n) is 14.4. The first kappa shape index (κ1) is 16.2. The molecule has 0 atom stereocenters. The summed E-state index contributed by atoms with van der Waals surface area (Å²) >= 11 is 0. The number of carbonyl (C=O) groups is 2. The number of fused-ring (bicyclic) bond motifs is 2. The van der Waals surface area contributed by atoms with E-state index in [2.05, 4.69) is 0 Å². The molecule has 6 nitrogen and oxygen atoms in total. The maximum absolute atomic E-state index is 12.9. The average Bonchev–Trinajstić information content (AvgIpc) is 3.23. The number of amides is 2. The molecule has 0 unspecified atom stereocenters. The molecule has 0 radical (unpaired) electrons. The van der Waals surface area contributed by atoms with Gasteiger partial charge in [0.15, 0.2) is 0 Å². The Balaban J connectivity index is 1.65. The van der Waals surface area contributed by atoms with Crippen molar-refractivity contribution in [2.45, 2.75) is 13.0 Å². The van der Waals surface area contributed by atoms with Gasteiger partial charge in [-0.1, -0.05) is 18.2 Å². The molecule has 6 heteroatoms. The SMILES string of the molecule is COc1ccc2c(c1)CCN2C(=O)Cn1cc(C(N)=O)c2ccccc21. The Hall–Kier alpha value is -3.28. The lowest BCUT2D eigenvalue weighted by molar-refractivity contribution is -0.119. The zero-order valence-corrected chi connectivity index (χ0v) is 14.4. The number of hydrogen-bond acceptors (Lipinski definition) is 3. The second-order valence-electron chi connectivity index (χ2n) is 6.34. The van der Waals surface area contributed by atoms with E-state index >= 15 is 0 Å². The van der Waals surface area contributed by atoms with Crippen LogP contribution in [0.4, 0.5) is 5.69 Å². The topological polar surface area (TPSA) is 77.6 Å². The second-order valence-corrected chi connectivity index (χ2v) is 6.34. The molecule has 2 heterocycles. The summed E-state index contributed by atoms with van der Waals surface area (Å²) in [5.74, 6) is 0.275. The molecule has 0 aliphatic carbocycles. The molecule has 1 aliphatic rings. The fraction of sp³-hybridized carbons (Fsp3) is 0.200. The molecule has 2 N–H and O–H groups in total. The van der Waals surface area contributed by atoms with Crippen LogP contribution < -0.4 is 15.4 Å². The molecule has 2 aromatic carbocycles. The number of aromatic nitrogens is 1.